The van der Waals surface area contributed by atoms with Crippen molar-refractivity contribution in [1.82, 2.24) is 0 Å². The Morgan fingerprint density at radius 2 is 1.94 bits per heavy atom. The highest BCUT2D eigenvalue weighted by Crippen LogP contribution is 2.34. The minimum atomic E-state index is -2.90. The molecule has 1 rings (SSSR count). The van der Waals surface area contributed by atoms with Crippen molar-refractivity contribution in [3.8, 4) is 0 Å². The molecule has 1 saturated heterocycles. The molecule has 0 spiro atoms. The van der Waals surface area contributed by atoms with Crippen molar-refractivity contribution >= 4 is 25.8 Å². The van der Waals surface area contributed by atoms with Crippen molar-refractivity contribution in [3.05, 3.63) is 0 Å². The van der Waals surface area contributed by atoms with Crippen LogP contribution in [-0.2, 0) is 14.6 Å². The third-order valence-corrected chi connectivity index (χ3v) is 6.32. The summed E-state index contributed by atoms with van der Waals surface area (Å²) in [5.74, 6) is 0.647. The van der Waals surface area contributed by atoms with Gasteiger partial charge in [0.2, 0.25) is 0 Å². The molecule has 16 heavy (non-hydrogen) atoms. The van der Waals surface area contributed by atoms with Gasteiger partial charge in [-0.2, -0.15) is 0 Å². The van der Waals surface area contributed by atoms with Crippen LogP contribution in [0.5, 0.6) is 0 Å². The lowest BCUT2D eigenvalue weighted by atomic mass is 9.85. The molecule has 0 N–H and O–H groups in total. The van der Waals surface area contributed by atoms with E-state index in [0.717, 1.165) is 31.0 Å². The van der Waals surface area contributed by atoms with E-state index >= 15 is 0 Å². The third-order valence-electron chi connectivity index (χ3n) is 3.17. The monoisotopic (exact) mass is 312 g/mol. The van der Waals surface area contributed by atoms with E-state index in [-0.39, 0.29) is 5.41 Å². The van der Waals surface area contributed by atoms with Crippen LogP contribution < -0.4 is 0 Å². The second kappa shape index (κ2) is 6.36. The molecule has 0 aliphatic carbocycles. The van der Waals surface area contributed by atoms with Crippen LogP contribution in [0.1, 0.15) is 32.6 Å². The van der Waals surface area contributed by atoms with Gasteiger partial charge in [0.25, 0.3) is 0 Å². The first-order valence-electron chi connectivity index (χ1n) is 5.88. The fourth-order valence-corrected chi connectivity index (χ4v) is 5.24. The summed E-state index contributed by atoms with van der Waals surface area (Å²) in [6.07, 6.45) is 3.41. The predicted molar refractivity (Wildman–Crippen MR) is 69.8 cm³/mol. The lowest BCUT2D eigenvalue weighted by Crippen LogP contribution is -2.38. The van der Waals surface area contributed by atoms with E-state index in [0.29, 0.717) is 24.7 Å². The molecule has 0 atom stereocenters. The predicted octanol–water partition coefficient (Wildman–Crippen LogP) is 2.39. The average molecular weight is 313 g/mol. The molecule has 1 aliphatic heterocycles. The van der Waals surface area contributed by atoms with E-state index < -0.39 is 9.84 Å². The molecule has 0 amide bonds. The zero-order chi connectivity index (χ0) is 12.1. The smallest absolute Gasteiger partial charge is 0.150 e. The lowest BCUT2D eigenvalue weighted by Gasteiger charge is -2.35. The van der Waals surface area contributed by atoms with Crippen LogP contribution in [-0.4, -0.2) is 38.5 Å². The number of ether oxygens (including phenoxy) is 1. The molecule has 1 fully saturated rings. The summed E-state index contributed by atoms with van der Waals surface area (Å²) in [5, 5.41) is 0.759. The number of unbranched alkanes of at least 4 members (excludes halogenated alkanes) is 1. The first-order chi connectivity index (χ1) is 7.54. The minimum Gasteiger partial charge on any atom is -0.381 e. The van der Waals surface area contributed by atoms with Gasteiger partial charge in [0.1, 0.15) is 0 Å². The van der Waals surface area contributed by atoms with Gasteiger partial charge < -0.3 is 4.74 Å². The quantitative estimate of drug-likeness (QED) is 0.707. The maximum absolute atomic E-state index is 12.0. The van der Waals surface area contributed by atoms with Crippen LogP contribution in [0.25, 0.3) is 0 Å². The highest BCUT2D eigenvalue weighted by atomic mass is 79.9. The Labute approximate surface area is 107 Å². The van der Waals surface area contributed by atoms with Crippen molar-refractivity contribution < 1.29 is 13.2 Å². The first kappa shape index (κ1) is 14.5. The van der Waals surface area contributed by atoms with E-state index in [2.05, 4.69) is 15.9 Å². The van der Waals surface area contributed by atoms with Crippen molar-refractivity contribution in [3.63, 3.8) is 0 Å². The normalized spacial score (nSPS) is 20.9. The van der Waals surface area contributed by atoms with Crippen LogP contribution in [0.15, 0.2) is 0 Å². The summed E-state index contributed by atoms with van der Waals surface area (Å²) in [6, 6.07) is 0. The summed E-state index contributed by atoms with van der Waals surface area (Å²) in [6.45, 7) is 3.40. The number of rotatable bonds is 6. The summed E-state index contributed by atoms with van der Waals surface area (Å²) < 4.78 is 29.2. The summed E-state index contributed by atoms with van der Waals surface area (Å²) in [4.78, 5) is 0. The highest BCUT2D eigenvalue weighted by molar-refractivity contribution is 9.09. The molecule has 3 nitrogen and oxygen atoms in total. The molecular weight excluding hydrogens is 292 g/mol. The molecule has 0 aromatic carbocycles. The Morgan fingerprint density at radius 3 is 2.44 bits per heavy atom. The molecule has 5 heteroatoms. The van der Waals surface area contributed by atoms with E-state index in [4.69, 9.17) is 4.74 Å². The lowest BCUT2D eigenvalue weighted by molar-refractivity contribution is 0.0367. The van der Waals surface area contributed by atoms with Gasteiger partial charge in [0, 0.05) is 18.5 Å². The molecule has 0 bridgehead atoms. The van der Waals surface area contributed by atoms with E-state index in [1.165, 1.54) is 0 Å². The average Bonchev–Trinajstić information content (AvgIpc) is 2.27. The molecule has 1 aliphatic rings. The number of sulfone groups is 1. The van der Waals surface area contributed by atoms with Gasteiger partial charge >= 0.3 is 0 Å². The van der Waals surface area contributed by atoms with Crippen LogP contribution in [0.2, 0.25) is 0 Å². The van der Waals surface area contributed by atoms with Gasteiger partial charge in [-0.05, 0) is 24.7 Å². The van der Waals surface area contributed by atoms with Crippen LogP contribution in [0.3, 0.4) is 0 Å². The first-order valence-corrected chi connectivity index (χ1v) is 8.82. The number of halogens is 1. The molecule has 0 saturated carbocycles. The topological polar surface area (TPSA) is 43.4 Å². The zero-order valence-corrected chi connectivity index (χ0v) is 12.3. The Kier molecular flexibility index (Phi) is 5.74. The molecule has 0 aromatic rings. The van der Waals surface area contributed by atoms with Crippen LogP contribution >= 0.6 is 15.9 Å². The summed E-state index contributed by atoms with van der Waals surface area (Å²) >= 11 is 3.47. The molecule has 0 radical (unpaired) electrons. The molecule has 0 aromatic heterocycles. The number of alkyl halides is 1. The molecule has 0 unspecified atom stereocenters. The largest absolute Gasteiger partial charge is 0.381 e. The summed E-state index contributed by atoms with van der Waals surface area (Å²) in [7, 11) is -2.90. The fourth-order valence-electron chi connectivity index (χ4n) is 2.02. The zero-order valence-electron chi connectivity index (χ0n) is 9.87. The minimum absolute atomic E-state index is 0.0924. The maximum atomic E-state index is 12.0. The van der Waals surface area contributed by atoms with Gasteiger partial charge in [-0.15, -0.1) is 0 Å². The van der Waals surface area contributed by atoms with Gasteiger partial charge in [-0.25, -0.2) is 8.42 Å². The van der Waals surface area contributed by atoms with Crippen molar-refractivity contribution in [1.29, 1.82) is 0 Å². The van der Waals surface area contributed by atoms with Gasteiger partial charge in [0.05, 0.1) is 11.5 Å². The maximum Gasteiger partial charge on any atom is 0.150 e. The van der Waals surface area contributed by atoms with Crippen LogP contribution in [0, 0.1) is 5.41 Å². The van der Waals surface area contributed by atoms with Crippen molar-refractivity contribution in [2.45, 2.75) is 32.6 Å². The van der Waals surface area contributed by atoms with E-state index in [1.54, 1.807) is 0 Å². The Bertz CT molecular complexity index is 294. The molecule has 1 heterocycles. The molecular formula is C11H21BrO3S. The van der Waals surface area contributed by atoms with Crippen molar-refractivity contribution in [2.24, 2.45) is 5.41 Å². The van der Waals surface area contributed by atoms with E-state index in [1.807, 2.05) is 6.92 Å². The Morgan fingerprint density at radius 1 is 1.31 bits per heavy atom. The number of hydrogen-bond donors (Lipinski definition) is 0. The SMILES string of the molecule is CCCCS(=O)(=O)CC1(CBr)CCOCC1. The Balaban J connectivity index is 2.61. The standard InChI is InChI=1S/C11H21BrO3S/c1-2-3-8-16(13,14)10-11(9-12)4-6-15-7-5-11/h2-10H2,1H3. The summed E-state index contributed by atoms with van der Waals surface area (Å²) in [5.41, 5.74) is -0.0924. The second-order valence-corrected chi connectivity index (χ2v) is 7.44. The molecule has 96 valence electrons. The highest BCUT2D eigenvalue weighted by Gasteiger charge is 2.35. The van der Waals surface area contributed by atoms with E-state index in [9.17, 15) is 8.42 Å². The third kappa shape index (κ3) is 4.34. The fraction of sp³-hybridized carbons (Fsp3) is 1.00. The second-order valence-electron chi connectivity index (χ2n) is 4.69. The van der Waals surface area contributed by atoms with Crippen LogP contribution in [0.4, 0.5) is 0 Å². The van der Waals surface area contributed by atoms with Gasteiger partial charge in [0.15, 0.2) is 9.84 Å². The van der Waals surface area contributed by atoms with Crippen molar-refractivity contribution in [2.75, 3.05) is 30.0 Å². The van der Waals surface area contributed by atoms with Gasteiger partial charge in [-0.3, -0.25) is 0 Å². The van der Waals surface area contributed by atoms with Gasteiger partial charge in [-0.1, -0.05) is 29.3 Å². The Hall–Kier alpha value is 0.390. The number of hydrogen-bond acceptors (Lipinski definition) is 3.